The highest BCUT2D eigenvalue weighted by atomic mass is 16.5. The monoisotopic (exact) mass is 236 g/mol. The number of hydrogen-bond donors (Lipinski definition) is 1. The lowest BCUT2D eigenvalue weighted by Crippen LogP contribution is -2.18. The first-order valence-corrected chi connectivity index (χ1v) is 5.75. The van der Waals surface area contributed by atoms with Crippen molar-refractivity contribution in [3.63, 3.8) is 0 Å². The number of carbonyl (C=O) groups excluding carboxylic acids is 1. The molecule has 1 rings (SSSR count). The average molecular weight is 236 g/mol. The molecule has 0 amide bonds. The Bertz CT molecular complexity index is 387. The number of methoxy groups -OCH3 is 1. The van der Waals surface area contributed by atoms with Gasteiger partial charge in [-0.15, -0.1) is 0 Å². The predicted octanol–water partition coefficient (Wildman–Crippen LogP) is 2.08. The Morgan fingerprint density at radius 1 is 1.29 bits per heavy atom. The molecule has 0 radical (unpaired) electrons. The smallest absolute Gasteiger partial charge is 0.308 e. The van der Waals surface area contributed by atoms with Gasteiger partial charge in [0, 0.05) is 0 Å². The third kappa shape index (κ3) is 3.86. The van der Waals surface area contributed by atoms with Crippen molar-refractivity contribution < 1.29 is 14.6 Å². The van der Waals surface area contributed by atoms with Gasteiger partial charge in [-0.3, -0.25) is 4.79 Å². The minimum Gasteiger partial charge on any atom is -0.469 e. The molecule has 0 saturated heterocycles. The fourth-order valence-corrected chi connectivity index (χ4v) is 2.12. The highest BCUT2D eigenvalue weighted by Crippen LogP contribution is 2.19. The normalized spacial score (nSPS) is 12.3. The van der Waals surface area contributed by atoms with Gasteiger partial charge in [-0.1, -0.05) is 17.7 Å². The van der Waals surface area contributed by atoms with Crippen LogP contribution in [0.2, 0.25) is 0 Å². The van der Waals surface area contributed by atoms with Crippen molar-refractivity contribution in [3.05, 3.63) is 34.4 Å². The molecule has 0 unspecified atom stereocenters. The van der Waals surface area contributed by atoms with Crippen molar-refractivity contribution in [2.24, 2.45) is 0 Å². The molecule has 1 atom stereocenters. The molecule has 1 aromatic carbocycles. The quantitative estimate of drug-likeness (QED) is 0.814. The number of aliphatic hydroxyl groups is 1. The van der Waals surface area contributed by atoms with Gasteiger partial charge in [0.1, 0.15) is 0 Å². The standard InChI is InChI=1S/C14H20O3/c1-9-5-10(2)13(11(3)6-9)7-12(15)8-14(16)17-4/h5-6,12,15H,7-8H2,1-4H3/t12-/m1/s1. The summed E-state index contributed by atoms with van der Waals surface area (Å²) in [6.07, 6.45) is -0.140. The summed E-state index contributed by atoms with van der Waals surface area (Å²) in [4.78, 5) is 11.1. The number of aliphatic hydroxyl groups excluding tert-OH is 1. The summed E-state index contributed by atoms with van der Waals surface area (Å²) in [5.41, 5.74) is 4.65. The number of benzene rings is 1. The Morgan fingerprint density at radius 3 is 2.29 bits per heavy atom. The van der Waals surface area contributed by atoms with Crippen molar-refractivity contribution in [1.29, 1.82) is 0 Å². The zero-order chi connectivity index (χ0) is 13.0. The number of aryl methyl sites for hydroxylation is 3. The maximum atomic E-state index is 11.1. The molecule has 3 heteroatoms. The molecule has 17 heavy (non-hydrogen) atoms. The molecule has 0 spiro atoms. The fourth-order valence-electron chi connectivity index (χ4n) is 2.12. The van der Waals surface area contributed by atoms with Crippen molar-refractivity contribution in [3.8, 4) is 0 Å². The Kier molecular flexibility index (Phi) is 4.70. The summed E-state index contributed by atoms with van der Waals surface area (Å²) in [6.45, 7) is 6.11. The SMILES string of the molecule is COC(=O)C[C@H](O)Cc1c(C)cc(C)cc1C. The van der Waals surface area contributed by atoms with Gasteiger partial charge in [-0.25, -0.2) is 0 Å². The van der Waals surface area contributed by atoms with Crippen LogP contribution in [-0.4, -0.2) is 24.3 Å². The molecule has 0 aliphatic heterocycles. The van der Waals surface area contributed by atoms with E-state index in [0.717, 1.165) is 16.7 Å². The molecular weight excluding hydrogens is 216 g/mol. The van der Waals surface area contributed by atoms with Gasteiger partial charge < -0.3 is 9.84 Å². The van der Waals surface area contributed by atoms with E-state index in [9.17, 15) is 9.90 Å². The Morgan fingerprint density at radius 2 is 1.82 bits per heavy atom. The molecule has 0 aromatic heterocycles. The van der Waals surface area contributed by atoms with Crippen LogP contribution in [0.3, 0.4) is 0 Å². The summed E-state index contributed by atoms with van der Waals surface area (Å²) in [7, 11) is 1.33. The highest BCUT2D eigenvalue weighted by Gasteiger charge is 2.14. The van der Waals surface area contributed by atoms with E-state index in [2.05, 4.69) is 23.8 Å². The van der Waals surface area contributed by atoms with Crippen molar-refractivity contribution in [2.45, 2.75) is 39.7 Å². The van der Waals surface area contributed by atoms with E-state index in [1.807, 2.05) is 13.8 Å². The molecule has 1 N–H and O–H groups in total. The third-order valence-electron chi connectivity index (χ3n) is 2.91. The van der Waals surface area contributed by atoms with Gasteiger partial charge in [-0.05, 0) is 43.9 Å². The summed E-state index contributed by atoms with van der Waals surface area (Å²) in [5, 5.41) is 9.82. The number of esters is 1. The summed E-state index contributed by atoms with van der Waals surface area (Å²) in [5.74, 6) is -0.375. The van der Waals surface area contributed by atoms with Crippen LogP contribution in [0.4, 0.5) is 0 Å². The van der Waals surface area contributed by atoms with E-state index in [-0.39, 0.29) is 12.4 Å². The largest absolute Gasteiger partial charge is 0.469 e. The molecule has 1 aromatic rings. The van der Waals surface area contributed by atoms with E-state index in [0.29, 0.717) is 6.42 Å². The van der Waals surface area contributed by atoms with Crippen molar-refractivity contribution >= 4 is 5.97 Å². The minimum atomic E-state index is -0.678. The molecule has 0 saturated carbocycles. The van der Waals surface area contributed by atoms with Crippen LogP contribution in [0.5, 0.6) is 0 Å². The van der Waals surface area contributed by atoms with Gasteiger partial charge in [-0.2, -0.15) is 0 Å². The Labute approximate surface area is 102 Å². The Balaban J connectivity index is 2.78. The van der Waals surface area contributed by atoms with Crippen LogP contribution in [0.15, 0.2) is 12.1 Å². The zero-order valence-electron chi connectivity index (χ0n) is 10.9. The van der Waals surface area contributed by atoms with E-state index in [4.69, 9.17) is 0 Å². The average Bonchev–Trinajstić information content (AvgIpc) is 2.23. The Hall–Kier alpha value is -1.35. The van der Waals surface area contributed by atoms with Crippen LogP contribution in [0.1, 0.15) is 28.7 Å². The van der Waals surface area contributed by atoms with Gasteiger partial charge in [0.15, 0.2) is 0 Å². The van der Waals surface area contributed by atoms with Crippen LogP contribution in [0.25, 0.3) is 0 Å². The maximum Gasteiger partial charge on any atom is 0.308 e. The first-order valence-electron chi connectivity index (χ1n) is 5.75. The second kappa shape index (κ2) is 5.82. The lowest BCUT2D eigenvalue weighted by molar-refractivity contribution is -0.142. The molecule has 0 fully saturated rings. The number of carbonyl (C=O) groups is 1. The zero-order valence-corrected chi connectivity index (χ0v) is 10.9. The highest BCUT2D eigenvalue weighted by molar-refractivity contribution is 5.69. The van der Waals surface area contributed by atoms with Crippen molar-refractivity contribution in [2.75, 3.05) is 7.11 Å². The van der Waals surface area contributed by atoms with E-state index >= 15 is 0 Å². The van der Waals surface area contributed by atoms with Crippen LogP contribution in [-0.2, 0) is 16.0 Å². The molecule has 94 valence electrons. The van der Waals surface area contributed by atoms with Crippen LogP contribution in [0, 0.1) is 20.8 Å². The second-order valence-corrected chi connectivity index (χ2v) is 4.52. The predicted molar refractivity (Wildman–Crippen MR) is 67.0 cm³/mol. The van der Waals surface area contributed by atoms with Gasteiger partial charge in [0.25, 0.3) is 0 Å². The first-order chi connectivity index (χ1) is 7.93. The minimum absolute atomic E-state index is 0.0449. The maximum absolute atomic E-state index is 11.1. The molecule has 0 heterocycles. The lowest BCUT2D eigenvalue weighted by Gasteiger charge is -2.15. The molecular formula is C14H20O3. The first kappa shape index (κ1) is 13.7. The molecule has 0 bridgehead atoms. The third-order valence-corrected chi connectivity index (χ3v) is 2.91. The van der Waals surface area contributed by atoms with Gasteiger partial charge in [0.2, 0.25) is 0 Å². The summed E-state index contributed by atoms with van der Waals surface area (Å²) < 4.78 is 4.54. The topological polar surface area (TPSA) is 46.5 Å². The molecule has 0 aliphatic carbocycles. The number of rotatable bonds is 4. The summed E-state index contributed by atoms with van der Waals surface area (Å²) in [6, 6.07) is 4.18. The molecule has 0 aliphatic rings. The van der Waals surface area contributed by atoms with Crippen molar-refractivity contribution in [1.82, 2.24) is 0 Å². The number of ether oxygens (including phenoxy) is 1. The van der Waals surface area contributed by atoms with Gasteiger partial charge >= 0.3 is 5.97 Å². The van der Waals surface area contributed by atoms with Gasteiger partial charge in [0.05, 0.1) is 19.6 Å². The summed E-state index contributed by atoms with van der Waals surface area (Å²) >= 11 is 0. The fraction of sp³-hybridized carbons (Fsp3) is 0.500. The number of hydrogen-bond acceptors (Lipinski definition) is 3. The lowest BCUT2D eigenvalue weighted by atomic mass is 9.94. The van der Waals surface area contributed by atoms with E-state index < -0.39 is 6.10 Å². The van der Waals surface area contributed by atoms with Crippen LogP contribution >= 0.6 is 0 Å². The van der Waals surface area contributed by atoms with E-state index in [1.54, 1.807) is 0 Å². The molecule has 3 nitrogen and oxygen atoms in total. The second-order valence-electron chi connectivity index (χ2n) is 4.52. The van der Waals surface area contributed by atoms with E-state index in [1.165, 1.54) is 12.7 Å². The van der Waals surface area contributed by atoms with Crippen LogP contribution < -0.4 is 0 Å².